The van der Waals surface area contributed by atoms with Gasteiger partial charge in [0.2, 0.25) is 0 Å². The summed E-state index contributed by atoms with van der Waals surface area (Å²) in [5, 5.41) is 9.07. The topological polar surface area (TPSA) is 62.2 Å². The average molecular weight is 394 g/mol. The van der Waals surface area contributed by atoms with Crippen molar-refractivity contribution in [3.8, 4) is 0 Å². The quantitative estimate of drug-likeness (QED) is 0.623. The highest BCUT2D eigenvalue weighted by Gasteiger charge is 2.20. The molecule has 0 spiro atoms. The third kappa shape index (κ3) is 2.26. The maximum atomic E-state index is 12.1. The van der Waals surface area contributed by atoms with E-state index >= 15 is 0 Å². The highest BCUT2D eigenvalue weighted by Crippen LogP contribution is 2.27. The summed E-state index contributed by atoms with van der Waals surface area (Å²) in [4.78, 5) is 15.0. The Balaban J connectivity index is 2.02. The summed E-state index contributed by atoms with van der Waals surface area (Å²) < 4.78 is 3.07. The van der Waals surface area contributed by atoms with Crippen LogP contribution < -0.4 is 10.9 Å². The van der Waals surface area contributed by atoms with Crippen LogP contribution in [-0.2, 0) is 0 Å². The number of benzene rings is 1. The van der Waals surface area contributed by atoms with Gasteiger partial charge in [-0.05, 0) is 66.7 Å². The lowest BCUT2D eigenvalue weighted by Gasteiger charge is -2.23. The first-order valence-corrected chi connectivity index (χ1v) is 8.22. The number of piperidine rings is 1. The number of halogens is 1. The van der Waals surface area contributed by atoms with E-state index in [9.17, 15) is 4.79 Å². The maximum absolute atomic E-state index is 12.1. The molecule has 0 saturated carbocycles. The van der Waals surface area contributed by atoms with E-state index in [1.54, 1.807) is 6.07 Å². The van der Waals surface area contributed by atoms with Gasteiger partial charge in [-0.15, -0.1) is 0 Å². The number of hydrogen-bond donors (Lipinski definition) is 2. The number of aromatic nitrogens is 3. The lowest BCUT2D eigenvalue weighted by atomic mass is 9.94. The number of nitrogens with zero attached hydrogens (tertiary/aromatic N) is 2. The van der Waals surface area contributed by atoms with Gasteiger partial charge in [0, 0.05) is 20.9 Å². The first-order chi connectivity index (χ1) is 10.2. The van der Waals surface area contributed by atoms with Crippen molar-refractivity contribution in [2.24, 2.45) is 0 Å². The molecule has 1 aromatic carbocycles. The molecule has 1 aliphatic heterocycles. The molecule has 3 heterocycles. The van der Waals surface area contributed by atoms with Crippen LogP contribution in [0.15, 0.2) is 29.1 Å². The van der Waals surface area contributed by atoms with E-state index in [0.29, 0.717) is 5.92 Å². The van der Waals surface area contributed by atoms with Crippen LogP contribution in [0.3, 0.4) is 0 Å². The second-order valence-corrected chi connectivity index (χ2v) is 6.75. The Morgan fingerprint density at radius 2 is 2.05 bits per heavy atom. The smallest absolute Gasteiger partial charge is 0.251 e. The van der Waals surface area contributed by atoms with Crippen molar-refractivity contribution >= 4 is 39.1 Å². The molecular formula is C15H15IN4O. The molecule has 21 heavy (non-hydrogen) atoms. The van der Waals surface area contributed by atoms with Gasteiger partial charge in [-0.1, -0.05) is 0 Å². The molecule has 1 saturated heterocycles. The Hall–Kier alpha value is -1.41. The fourth-order valence-electron chi connectivity index (χ4n) is 3.12. The molecule has 108 valence electrons. The third-order valence-corrected chi connectivity index (χ3v) is 4.83. The third-order valence-electron chi connectivity index (χ3n) is 4.16. The SMILES string of the molecule is O=c1cc(C2CCNCC2)n2nc3ccc(I)cc3c2[nH]1. The standard InChI is InChI=1S/C15H15IN4O/c16-10-1-2-12-11(7-10)15-18-14(21)8-13(20(15)19-12)9-3-5-17-6-4-9/h1-2,7-9,17H,3-6H2,(H,18,21). The minimum absolute atomic E-state index is 0.0447. The fourth-order valence-corrected chi connectivity index (χ4v) is 3.61. The van der Waals surface area contributed by atoms with E-state index in [-0.39, 0.29) is 5.56 Å². The predicted octanol–water partition coefficient (Wildman–Crippen LogP) is 2.25. The number of aromatic amines is 1. The molecule has 3 aromatic rings. The Morgan fingerprint density at radius 3 is 2.86 bits per heavy atom. The molecule has 0 radical (unpaired) electrons. The maximum Gasteiger partial charge on any atom is 0.251 e. The van der Waals surface area contributed by atoms with Crippen LogP contribution in [0, 0.1) is 3.57 Å². The zero-order chi connectivity index (χ0) is 14.4. The lowest BCUT2D eigenvalue weighted by Crippen LogP contribution is -2.28. The highest BCUT2D eigenvalue weighted by molar-refractivity contribution is 14.1. The minimum atomic E-state index is -0.0447. The van der Waals surface area contributed by atoms with Crippen molar-refractivity contribution in [3.05, 3.63) is 43.9 Å². The van der Waals surface area contributed by atoms with Crippen molar-refractivity contribution in [3.63, 3.8) is 0 Å². The summed E-state index contributed by atoms with van der Waals surface area (Å²) in [5.41, 5.74) is 2.72. The number of H-pyrrole nitrogens is 1. The fraction of sp³-hybridized carbons (Fsp3) is 0.333. The zero-order valence-corrected chi connectivity index (χ0v) is 13.6. The molecule has 0 aliphatic carbocycles. The van der Waals surface area contributed by atoms with Crippen LogP contribution in [0.25, 0.3) is 16.6 Å². The van der Waals surface area contributed by atoms with Gasteiger partial charge in [-0.2, -0.15) is 5.10 Å². The molecule has 5 nitrogen and oxygen atoms in total. The molecule has 0 bridgehead atoms. The molecule has 1 fully saturated rings. The summed E-state index contributed by atoms with van der Waals surface area (Å²) in [6.45, 7) is 2.00. The van der Waals surface area contributed by atoms with Crippen LogP contribution in [0.2, 0.25) is 0 Å². The van der Waals surface area contributed by atoms with Gasteiger partial charge < -0.3 is 10.3 Å². The van der Waals surface area contributed by atoms with Gasteiger partial charge in [0.15, 0.2) is 0 Å². The molecule has 1 aliphatic rings. The summed E-state index contributed by atoms with van der Waals surface area (Å²) in [6.07, 6.45) is 2.10. The first-order valence-electron chi connectivity index (χ1n) is 7.14. The van der Waals surface area contributed by atoms with Crippen molar-refractivity contribution in [2.45, 2.75) is 18.8 Å². The van der Waals surface area contributed by atoms with Gasteiger partial charge in [0.05, 0.1) is 11.2 Å². The predicted molar refractivity (Wildman–Crippen MR) is 90.9 cm³/mol. The van der Waals surface area contributed by atoms with Gasteiger partial charge >= 0.3 is 0 Å². The Morgan fingerprint density at radius 1 is 1.24 bits per heavy atom. The van der Waals surface area contributed by atoms with Crippen molar-refractivity contribution in [1.82, 2.24) is 19.9 Å². The van der Waals surface area contributed by atoms with E-state index in [1.165, 1.54) is 0 Å². The van der Waals surface area contributed by atoms with Gasteiger partial charge in [-0.3, -0.25) is 4.79 Å². The van der Waals surface area contributed by atoms with Gasteiger partial charge in [-0.25, -0.2) is 4.52 Å². The number of hydrogen-bond acceptors (Lipinski definition) is 3. The number of fused-ring (bicyclic) bond motifs is 3. The van der Waals surface area contributed by atoms with Crippen LogP contribution in [0.1, 0.15) is 24.5 Å². The summed E-state index contributed by atoms with van der Waals surface area (Å²) in [6, 6.07) is 7.83. The molecule has 2 aromatic heterocycles. The van der Waals surface area contributed by atoms with E-state index < -0.39 is 0 Å². The van der Waals surface area contributed by atoms with E-state index in [2.05, 4.69) is 39.0 Å². The molecule has 2 N–H and O–H groups in total. The van der Waals surface area contributed by atoms with Crippen LogP contribution in [-0.4, -0.2) is 27.7 Å². The second-order valence-electron chi connectivity index (χ2n) is 5.50. The van der Waals surface area contributed by atoms with Crippen molar-refractivity contribution < 1.29 is 0 Å². The molecule has 0 atom stereocenters. The van der Waals surface area contributed by atoms with Gasteiger partial charge in [0.25, 0.3) is 5.56 Å². The largest absolute Gasteiger partial charge is 0.317 e. The highest BCUT2D eigenvalue weighted by atomic mass is 127. The molecule has 0 unspecified atom stereocenters. The van der Waals surface area contributed by atoms with E-state index in [4.69, 9.17) is 5.10 Å². The van der Waals surface area contributed by atoms with Crippen molar-refractivity contribution in [2.75, 3.05) is 13.1 Å². The molecular weight excluding hydrogens is 379 g/mol. The second kappa shape index (κ2) is 5.10. The zero-order valence-electron chi connectivity index (χ0n) is 11.4. The Bertz CT molecular complexity index is 876. The summed E-state index contributed by atoms with van der Waals surface area (Å²) >= 11 is 2.28. The van der Waals surface area contributed by atoms with Crippen molar-refractivity contribution in [1.29, 1.82) is 0 Å². The summed E-state index contributed by atoms with van der Waals surface area (Å²) in [7, 11) is 0. The number of rotatable bonds is 1. The summed E-state index contributed by atoms with van der Waals surface area (Å²) in [5.74, 6) is 0.393. The van der Waals surface area contributed by atoms with Crippen LogP contribution in [0.4, 0.5) is 0 Å². The Labute approximate surface area is 134 Å². The number of nitrogens with one attached hydrogen (secondary N) is 2. The monoisotopic (exact) mass is 394 g/mol. The molecule has 0 amide bonds. The van der Waals surface area contributed by atoms with Crippen LogP contribution >= 0.6 is 22.6 Å². The Kier molecular flexibility index (Phi) is 3.22. The normalized spacial score (nSPS) is 16.8. The van der Waals surface area contributed by atoms with E-state index in [1.807, 2.05) is 16.6 Å². The molecule has 4 rings (SSSR count). The average Bonchev–Trinajstić information content (AvgIpc) is 2.85. The van der Waals surface area contributed by atoms with E-state index in [0.717, 1.165) is 51.7 Å². The lowest BCUT2D eigenvalue weighted by molar-refractivity contribution is 0.446. The molecule has 6 heteroatoms. The first kappa shape index (κ1) is 13.3. The van der Waals surface area contributed by atoms with Gasteiger partial charge in [0.1, 0.15) is 5.65 Å². The minimum Gasteiger partial charge on any atom is -0.317 e. The van der Waals surface area contributed by atoms with Crippen LogP contribution in [0.5, 0.6) is 0 Å².